The summed E-state index contributed by atoms with van der Waals surface area (Å²) in [6, 6.07) is 20.0. The van der Waals surface area contributed by atoms with Crippen molar-refractivity contribution in [2.75, 3.05) is 0 Å². The van der Waals surface area contributed by atoms with Crippen LogP contribution in [0.25, 0.3) is 10.8 Å². The Hall–Kier alpha value is -2.06. The molecule has 1 N–H and O–H groups in total. The topological polar surface area (TPSA) is 25.2 Å². The molecule has 0 aliphatic heterocycles. The van der Waals surface area contributed by atoms with Crippen LogP contribution in [0.3, 0.4) is 0 Å². The molecule has 1 heterocycles. The highest BCUT2D eigenvalue weighted by molar-refractivity contribution is 5.86. The summed E-state index contributed by atoms with van der Waals surface area (Å²) in [5, 5.41) is 6.41. The highest BCUT2D eigenvalue weighted by atomic mass is 16.3. The number of nitrogens with one attached hydrogen (secondary N) is 1. The van der Waals surface area contributed by atoms with Crippen molar-refractivity contribution >= 4 is 10.8 Å². The molecule has 25 heavy (non-hydrogen) atoms. The maximum atomic E-state index is 5.87. The quantitative estimate of drug-likeness (QED) is 0.584. The molecular weight excluding hydrogens is 306 g/mol. The van der Waals surface area contributed by atoms with Gasteiger partial charge in [0.2, 0.25) is 0 Å². The van der Waals surface area contributed by atoms with Crippen LogP contribution in [0.5, 0.6) is 0 Å². The number of hydrogen-bond acceptors (Lipinski definition) is 2. The number of furan rings is 1. The van der Waals surface area contributed by atoms with Gasteiger partial charge < -0.3 is 9.73 Å². The van der Waals surface area contributed by atoms with Gasteiger partial charge >= 0.3 is 0 Å². The Kier molecular flexibility index (Phi) is 5.01. The highest BCUT2D eigenvalue weighted by Crippen LogP contribution is 2.31. The summed E-state index contributed by atoms with van der Waals surface area (Å²) in [4.78, 5) is 0. The molecule has 0 aliphatic rings. The van der Waals surface area contributed by atoms with E-state index < -0.39 is 0 Å². The van der Waals surface area contributed by atoms with E-state index in [0.717, 1.165) is 17.9 Å². The second kappa shape index (κ2) is 7.05. The lowest BCUT2D eigenvalue weighted by molar-refractivity contribution is 0.310. The van der Waals surface area contributed by atoms with Gasteiger partial charge in [-0.1, -0.05) is 56.3 Å². The second-order valence-corrected chi connectivity index (χ2v) is 7.86. The van der Waals surface area contributed by atoms with Gasteiger partial charge in [-0.15, -0.1) is 0 Å². The zero-order valence-corrected chi connectivity index (χ0v) is 16.0. The molecule has 0 aliphatic carbocycles. The van der Waals surface area contributed by atoms with E-state index in [9.17, 15) is 0 Å². The van der Waals surface area contributed by atoms with E-state index in [1.165, 1.54) is 16.3 Å². The van der Waals surface area contributed by atoms with E-state index in [1.54, 1.807) is 0 Å². The molecule has 0 fully saturated rings. The summed E-state index contributed by atoms with van der Waals surface area (Å²) in [5.74, 6) is 2.05. The molecule has 3 aromatic rings. The Balaban J connectivity index is 1.73. The lowest BCUT2D eigenvalue weighted by atomic mass is 9.83. The zero-order valence-electron chi connectivity index (χ0n) is 16.0. The molecular formula is C23H29NO. The normalized spacial score (nSPS) is 14.6. The summed E-state index contributed by atoms with van der Waals surface area (Å²) < 4.78 is 5.87. The third kappa shape index (κ3) is 3.96. The zero-order chi connectivity index (χ0) is 18.0. The van der Waals surface area contributed by atoms with E-state index in [2.05, 4.69) is 81.5 Å². The molecule has 0 amide bonds. The van der Waals surface area contributed by atoms with Gasteiger partial charge in [0, 0.05) is 17.5 Å². The molecule has 132 valence electrons. The first-order valence-corrected chi connectivity index (χ1v) is 9.17. The van der Waals surface area contributed by atoms with Crippen molar-refractivity contribution in [2.24, 2.45) is 0 Å². The predicted molar refractivity (Wildman–Crippen MR) is 106 cm³/mol. The van der Waals surface area contributed by atoms with Crippen LogP contribution in [0.2, 0.25) is 0 Å². The van der Waals surface area contributed by atoms with Gasteiger partial charge in [-0.25, -0.2) is 0 Å². The first-order chi connectivity index (χ1) is 11.9. The average molecular weight is 335 g/mol. The molecule has 0 spiro atoms. The number of hydrogen-bond donors (Lipinski definition) is 1. The van der Waals surface area contributed by atoms with Crippen molar-refractivity contribution in [3.05, 3.63) is 71.7 Å². The Morgan fingerprint density at radius 1 is 0.960 bits per heavy atom. The minimum absolute atomic E-state index is 0.0130. The van der Waals surface area contributed by atoms with Gasteiger partial charge in [0.25, 0.3) is 0 Å². The highest BCUT2D eigenvalue weighted by Gasteiger charge is 2.27. The molecule has 0 radical (unpaired) electrons. The van der Waals surface area contributed by atoms with Crippen LogP contribution in [0.1, 0.15) is 57.2 Å². The van der Waals surface area contributed by atoms with Crippen LogP contribution in [-0.4, -0.2) is 6.04 Å². The van der Waals surface area contributed by atoms with Gasteiger partial charge in [0.05, 0.1) is 0 Å². The van der Waals surface area contributed by atoms with Crippen molar-refractivity contribution in [1.82, 2.24) is 5.32 Å². The molecule has 3 rings (SSSR count). The third-order valence-corrected chi connectivity index (χ3v) is 5.05. The van der Waals surface area contributed by atoms with E-state index >= 15 is 0 Å². The van der Waals surface area contributed by atoms with Crippen molar-refractivity contribution in [3.63, 3.8) is 0 Å². The lowest BCUT2D eigenvalue weighted by Gasteiger charge is -2.29. The van der Waals surface area contributed by atoms with E-state index in [0.29, 0.717) is 12.1 Å². The number of aryl methyl sites for hydroxylation is 1. The van der Waals surface area contributed by atoms with E-state index in [1.807, 2.05) is 13.0 Å². The molecule has 0 saturated carbocycles. The molecule has 0 bridgehead atoms. The van der Waals surface area contributed by atoms with Crippen LogP contribution in [0.4, 0.5) is 0 Å². The molecule has 0 saturated heterocycles. The van der Waals surface area contributed by atoms with Crippen LogP contribution >= 0.6 is 0 Å². The second-order valence-electron chi connectivity index (χ2n) is 7.86. The Labute approximate surface area is 151 Å². The molecule has 2 atom stereocenters. The van der Waals surface area contributed by atoms with Gasteiger partial charge in [-0.05, 0) is 55.7 Å². The maximum Gasteiger partial charge on any atom is 0.109 e. The largest absolute Gasteiger partial charge is 0.466 e. The van der Waals surface area contributed by atoms with Crippen LogP contribution in [0, 0.1) is 6.92 Å². The summed E-state index contributed by atoms with van der Waals surface area (Å²) in [7, 11) is 0. The van der Waals surface area contributed by atoms with Gasteiger partial charge in [0.1, 0.15) is 11.5 Å². The van der Waals surface area contributed by atoms with Gasteiger partial charge in [-0.3, -0.25) is 0 Å². The Morgan fingerprint density at radius 2 is 1.68 bits per heavy atom. The fourth-order valence-corrected chi connectivity index (χ4v) is 3.87. The SMILES string of the molecule is Cc1ccc(C(C)(C)CC(C)NC(C)c2cccc3ccccc23)o1. The van der Waals surface area contributed by atoms with Crippen molar-refractivity contribution in [1.29, 1.82) is 0 Å². The summed E-state index contributed by atoms with van der Waals surface area (Å²) in [6.45, 7) is 11.0. The van der Waals surface area contributed by atoms with E-state index in [-0.39, 0.29) is 5.41 Å². The fourth-order valence-electron chi connectivity index (χ4n) is 3.87. The smallest absolute Gasteiger partial charge is 0.109 e. The van der Waals surface area contributed by atoms with Crippen molar-refractivity contribution in [3.8, 4) is 0 Å². The van der Waals surface area contributed by atoms with Crippen molar-refractivity contribution < 1.29 is 4.42 Å². The van der Waals surface area contributed by atoms with Crippen molar-refractivity contribution in [2.45, 2.75) is 58.5 Å². The summed E-state index contributed by atoms with van der Waals surface area (Å²) >= 11 is 0. The monoisotopic (exact) mass is 335 g/mol. The van der Waals surface area contributed by atoms with Crippen LogP contribution in [-0.2, 0) is 5.41 Å². The van der Waals surface area contributed by atoms with Gasteiger partial charge in [-0.2, -0.15) is 0 Å². The predicted octanol–water partition coefficient (Wildman–Crippen LogP) is 6.15. The molecule has 1 aromatic heterocycles. The van der Waals surface area contributed by atoms with Gasteiger partial charge in [0.15, 0.2) is 0 Å². The first-order valence-electron chi connectivity index (χ1n) is 9.17. The van der Waals surface area contributed by atoms with Crippen LogP contribution < -0.4 is 5.32 Å². The molecule has 2 unspecified atom stereocenters. The lowest BCUT2D eigenvalue weighted by Crippen LogP contribution is -2.34. The standard InChI is InChI=1S/C23H29NO/c1-16(15-23(4,5)22-14-13-17(2)25-22)24-18(3)20-12-8-10-19-9-6-7-11-21(19)20/h6-14,16,18,24H,15H2,1-5H3. The molecule has 2 heteroatoms. The number of rotatable bonds is 6. The average Bonchev–Trinajstić information content (AvgIpc) is 3.01. The molecule has 2 aromatic carbocycles. The maximum absolute atomic E-state index is 5.87. The fraction of sp³-hybridized carbons (Fsp3) is 0.391. The summed E-state index contributed by atoms with van der Waals surface area (Å²) in [5.41, 5.74) is 1.37. The summed E-state index contributed by atoms with van der Waals surface area (Å²) in [6.07, 6.45) is 1.02. The van der Waals surface area contributed by atoms with Crippen LogP contribution in [0.15, 0.2) is 59.0 Å². The minimum Gasteiger partial charge on any atom is -0.466 e. The third-order valence-electron chi connectivity index (χ3n) is 5.05. The first kappa shape index (κ1) is 17.8. The van der Waals surface area contributed by atoms with E-state index in [4.69, 9.17) is 4.42 Å². The molecule has 2 nitrogen and oxygen atoms in total. The Morgan fingerprint density at radius 3 is 2.40 bits per heavy atom. The Bertz CT molecular complexity index is 841. The minimum atomic E-state index is 0.0130. The number of benzene rings is 2. The number of fused-ring (bicyclic) bond motifs is 1.